The second kappa shape index (κ2) is 8.90. The summed E-state index contributed by atoms with van der Waals surface area (Å²) in [6, 6.07) is 6.62. The lowest BCUT2D eigenvalue weighted by molar-refractivity contribution is -0.150. The van der Waals surface area contributed by atoms with E-state index in [-0.39, 0.29) is 22.2 Å². The number of benzene rings is 1. The lowest BCUT2D eigenvalue weighted by Gasteiger charge is -2.49. The van der Waals surface area contributed by atoms with Crippen LogP contribution in [0.2, 0.25) is 0 Å². The number of para-hydroxylation sites is 1. The van der Waals surface area contributed by atoms with E-state index in [1.54, 1.807) is 0 Å². The van der Waals surface area contributed by atoms with Crippen molar-refractivity contribution in [3.63, 3.8) is 0 Å². The van der Waals surface area contributed by atoms with Crippen LogP contribution in [-0.4, -0.2) is 65.8 Å². The van der Waals surface area contributed by atoms with Gasteiger partial charge < -0.3 is 21.4 Å². The first-order chi connectivity index (χ1) is 16.4. The summed E-state index contributed by atoms with van der Waals surface area (Å²) in [7, 11) is 0. The second-order valence-electron chi connectivity index (χ2n) is 7.01. The molecule has 1 fully saturated rings. The average molecular weight is 535 g/mol. The van der Waals surface area contributed by atoms with Crippen LogP contribution in [-0.2, 0) is 14.4 Å². The van der Waals surface area contributed by atoms with Crippen molar-refractivity contribution in [2.75, 3.05) is 11.5 Å². The van der Waals surface area contributed by atoms with Crippen molar-refractivity contribution in [2.45, 2.75) is 15.8 Å². The minimum absolute atomic E-state index is 0.0723. The molecule has 15 heteroatoms. The molecule has 3 aromatic rings. The molecule has 0 aliphatic carbocycles. The van der Waals surface area contributed by atoms with Gasteiger partial charge in [0.25, 0.3) is 11.8 Å². The SMILES string of the molecule is Nc1nc(/C(=N/O)C(=O)NC2C(=O)N3C(C(=O)O)=C(Sc4nc5ccccc5s4)CS[C@@H]23)cs1. The van der Waals surface area contributed by atoms with Crippen molar-refractivity contribution in [3.05, 3.63) is 45.9 Å². The van der Waals surface area contributed by atoms with Crippen molar-refractivity contribution >= 4 is 85.0 Å². The summed E-state index contributed by atoms with van der Waals surface area (Å²) in [5.74, 6) is -2.29. The molecule has 1 saturated heterocycles. The standard InChI is InChI=1S/C19H14N6O5S4/c20-18-21-8(5-32-18)11(24-30)14(26)23-12-15(27)25-13(17(28)29)10(6-31-16(12)25)34-19-22-7-3-1-2-4-9(7)33-19/h1-5,12,16,30H,6H2,(H2,20,21)(H,23,26)(H,28,29)/b24-11-/t12?,16-/m0/s1. The van der Waals surface area contributed by atoms with Crippen LogP contribution in [0.1, 0.15) is 5.69 Å². The van der Waals surface area contributed by atoms with E-state index in [1.807, 2.05) is 24.3 Å². The number of carbonyl (C=O) groups excluding carboxylic acids is 2. The summed E-state index contributed by atoms with van der Waals surface area (Å²) >= 11 is 5.07. The maximum absolute atomic E-state index is 12.9. The Labute approximate surface area is 207 Å². The van der Waals surface area contributed by atoms with Crippen LogP contribution in [0, 0.1) is 0 Å². The monoisotopic (exact) mass is 534 g/mol. The molecular formula is C19H14N6O5S4. The zero-order chi connectivity index (χ0) is 24.0. The number of carboxylic acids is 1. The molecule has 2 atom stereocenters. The third kappa shape index (κ3) is 3.89. The number of thiazole rings is 2. The van der Waals surface area contributed by atoms with E-state index in [2.05, 4.69) is 20.4 Å². The molecule has 34 heavy (non-hydrogen) atoms. The van der Waals surface area contributed by atoms with Crippen LogP contribution in [0.5, 0.6) is 0 Å². The highest BCUT2D eigenvalue weighted by Gasteiger charge is 2.54. The number of nitrogen functional groups attached to an aromatic ring is 1. The molecule has 174 valence electrons. The molecule has 0 saturated carbocycles. The first kappa shape index (κ1) is 22.6. The number of oxime groups is 1. The van der Waals surface area contributed by atoms with Gasteiger partial charge in [0.15, 0.2) is 15.2 Å². The van der Waals surface area contributed by atoms with Gasteiger partial charge in [0.05, 0.1) is 10.2 Å². The maximum Gasteiger partial charge on any atom is 0.353 e. The van der Waals surface area contributed by atoms with E-state index in [4.69, 9.17) is 5.73 Å². The fourth-order valence-corrected chi connectivity index (χ4v) is 7.74. The van der Waals surface area contributed by atoms with Gasteiger partial charge in [-0.3, -0.25) is 14.5 Å². The van der Waals surface area contributed by atoms with Gasteiger partial charge in [-0.25, -0.2) is 14.8 Å². The summed E-state index contributed by atoms with van der Waals surface area (Å²) in [6.45, 7) is 0. The summed E-state index contributed by atoms with van der Waals surface area (Å²) in [5, 5.41) is 25.6. The van der Waals surface area contributed by atoms with Gasteiger partial charge in [-0.2, -0.15) is 0 Å². The van der Waals surface area contributed by atoms with Crippen molar-refractivity contribution in [1.29, 1.82) is 0 Å². The van der Waals surface area contributed by atoms with Crippen LogP contribution >= 0.6 is 46.2 Å². The number of nitrogens with two attached hydrogens (primary N) is 1. The first-order valence-corrected chi connectivity index (χ1v) is 13.1. The number of amides is 2. The zero-order valence-electron chi connectivity index (χ0n) is 16.9. The Morgan fingerprint density at radius 1 is 1.29 bits per heavy atom. The van der Waals surface area contributed by atoms with Gasteiger partial charge in [0, 0.05) is 16.0 Å². The topological polar surface area (TPSA) is 171 Å². The van der Waals surface area contributed by atoms with Gasteiger partial charge >= 0.3 is 5.97 Å². The molecule has 2 amide bonds. The second-order valence-corrected chi connectivity index (χ2v) is 11.4. The highest BCUT2D eigenvalue weighted by molar-refractivity contribution is 8.07. The van der Waals surface area contributed by atoms with Crippen LogP contribution in [0.4, 0.5) is 5.13 Å². The predicted octanol–water partition coefficient (Wildman–Crippen LogP) is 2.00. The van der Waals surface area contributed by atoms with Gasteiger partial charge in [0.2, 0.25) is 0 Å². The minimum atomic E-state index is -1.23. The zero-order valence-corrected chi connectivity index (χ0v) is 20.1. The lowest BCUT2D eigenvalue weighted by atomic mass is 10.0. The molecule has 1 unspecified atom stereocenters. The Balaban J connectivity index is 1.35. The summed E-state index contributed by atoms with van der Waals surface area (Å²) < 4.78 is 1.66. The van der Waals surface area contributed by atoms with Gasteiger partial charge in [-0.05, 0) is 12.1 Å². The number of carbonyl (C=O) groups is 3. The van der Waals surface area contributed by atoms with E-state index >= 15 is 0 Å². The van der Waals surface area contributed by atoms with Crippen molar-refractivity contribution in [2.24, 2.45) is 5.16 Å². The van der Waals surface area contributed by atoms with E-state index in [9.17, 15) is 24.7 Å². The quantitative estimate of drug-likeness (QED) is 0.159. The number of anilines is 1. The molecule has 2 aliphatic rings. The Bertz CT molecular complexity index is 1370. The van der Waals surface area contributed by atoms with Crippen molar-refractivity contribution in [1.82, 2.24) is 20.2 Å². The number of aromatic nitrogens is 2. The van der Waals surface area contributed by atoms with Crippen molar-refractivity contribution < 1.29 is 24.7 Å². The van der Waals surface area contributed by atoms with Crippen molar-refractivity contribution in [3.8, 4) is 0 Å². The third-order valence-electron chi connectivity index (χ3n) is 4.99. The Morgan fingerprint density at radius 3 is 2.76 bits per heavy atom. The summed E-state index contributed by atoms with van der Waals surface area (Å²) in [5.41, 5.74) is 5.95. The molecule has 11 nitrogen and oxygen atoms in total. The Morgan fingerprint density at radius 2 is 2.09 bits per heavy atom. The van der Waals surface area contributed by atoms with Crippen LogP contribution < -0.4 is 11.1 Å². The molecule has 2 aliphatic heterocycles. The van der Waals surface area contributed by atoms with Gasteiger partial charge in [-0.15, -0.1) is 34.4 Å². The number of thioether (sulfide) groups is 2. The van der Waals surface area contributed by atoms with E-state index < -0.39 is 29.2 Å². The highest BCUT2D eigenvalue weighted by Crippen LogP contribution is 2.46. The molecule has 2 aromatic heterocycles. The van der Waals surface area contributed by atoms with Gasteiger partial charge in [0.1, 0.15) is 22.8 Å². The first-order valence-electron chi connectivity index (χ1n) is 9.56. The fourth-order valence-electron chi connectivity index (χ4n) is 3.49. The number of hydrogen-bond donors (Lipinski definition) is 4. The number of fused-ring (bicyclic) bond motifs is 2. The number of aliphatic carboxylic acids is 1. The summed E-state index contributed by atoms with van der Waals surface area (Å²) in [4.78, 5) is 47.7. The normalized spacial score (nSPS) is 20.3. The minimum Gasteiger partial charge on any atom is -0.477 e. The molecular weight excluding hydrogens is 521 g/mol. The number of hydrogen-bond acceptors (Lipinski definition) is 12. The number of rotatable bonds is 6. The summed E-state index contributed by atoms with van der Waals surface area (Å²) in [6.07, 6.45) is 0. The molecule has 5 N–H and O–H groups in total. The Hall–Kier alpha value is -3.14. The number of nitrogens with zero attached hydrogens (tertiary/aromatic N) is 4. The van der Waals surface area contributed by atoms with E-state index in [0.29, 0.717) is 15.0 Å². The number of carboxylic acid groups (broad SMARTS) is 1. The molecule has 1 aromatic carbocycles. The molecule has 5 rings (SSSR count). The van der Waals surface area contributed by atoms with E-state index in [0.717, 1.165) is 21.6 Å². The third-order valence-corrected chi connectivity index (χ3v) is 9.30. The molecule has 0 bridgehead atoms. The molecule has 0 radical (unpaired) electrons. The molecule has 4 heterocycles. The fraction of sp³-hybridized carbons (Fsp3) is 0.158. The average Bonchev–Trinajstić information content (AvgIpc) is 3.43. The maximum atomic E-state index is 12.9. The van der Waals surface area contributed by atoms with Gasteiger partial charge in [-0.1, -0.05) is 29.1 Å². The van der Waals surface area contributed by atoms with Crippen LogP contribution in [0.3, 0.4) is 0 Å². The highest BCUT2D eigenvalue weighted by atomic mass is 32.2. The van der Waals surface area contributed by atoms with Crippen LogP contribution in [0.15, 0.2) is 49.7 Å². The largest absolute Gasteiger partial charge is 0.477 e. The number of nitrogens with one attached hydrogen (secondary N) is 1. The van der Waals surface area contributed by atoms with Crippen LogP contribution in [0.25, 0.3) is 10.2 Å². The number of β-lactam (4-membered cyclic amide) rings is 1. The smallest absolute Gasteiger partial charge is 0.353 e. The van der Waals surface area contributed by atoms with E-state index in [1.165, 1.54) is 45.1 Å². The molecule has 0 spiro atoms. The Kier molecular flexibility index (Phi) is 5.93. The predicted molar refractivity (Wildman–Crippen MR) is 130 cm³/mol. The lowest BCUT2D eigenvalue weighted by Crippen LogP contribution is -2.71.